The molecular weight excluding hydrogens is 154 g/mol. The molecule has 0 saturated heterocycles. The van der Waals surface area contributed by atoms with Gasteiger partial charge in [0.1, 0.15) is 11.5 Å². The van der Waals surface area contributed by atoms with Crippen LogP contribution < -0.4 is 17.3 Å². The monoisotopic (exact) mass is 165 g/mol. The Bertz CT molecular complexity index is 436. The van der Waals surface area contributed by atoms with Crippen LogP contribution in [0.3, 0.4) is 0 Å². The van der Waals surface area contributed by atoms with Crippen molar-refractivity contribution in [2.24, 2.45) is 7.05 Å². The van der Waals surface area contributed by atoms with Crippen molar-refractivity contribution in [2.45, 2.75) is 0 Å². The van der Waals surface area contributed by atoms with Crippen molar-refractivity contribution in [1.82, 2.24) is 9.24 Å². The van der Waals surface area contributed by atoms with E-state index in [1.807, 2.05) is 23.9 Å². The van der Waals surface area contributed by atoms with Gasteiger partial charge in [0, 0.05) is 18.6 Å². The molecular formula is C7H11N5. The van der Waals surface area contributed by atoms with Crippen LogP contribution in [0.25, 0.3) is 11.0 Å². The van der Waals surface area contributed by atoms with Crippen molar-refractivity contribution >= 4 is 22.5 Å². The molecule has 5 heteroatoms. The number of aryl methyl sites for hydroxylation is 1. The molecule has 0 atom stereocenters. The standard InChI is InChI=1S/C7H11N5/c1-11-3-2-4-5(8)6(9)12(10)7(4)11/h2-3H,8-10H2,1H3. The van der Waals surface area contributed by atoms with Crippen LogP contribution in [0.1, 0.15) is 0 Å². The number of nitrogen functional groups attached to an aromatic ring is 3. The second-order valence-corrected chi connectivity index (χ2v) is 2.83. The molecule has 0 saturated carbocycles. The van der Waals surface area contributed by atoms with E-state index < -0.39 is 0 Å². The molecule has 12 heavy (non-hydrogen) atoms. The fraction of sp³-hybridized carbons (Fsp3) is 0.143. The van der Waals surface area contributed by atoms with Crippen LogP contribution in [-0.4, -0.2) is 9.24 Å². The van der Waals surface area contributed by atoms with Gasteiger partial charge in [0.05, 0.1) is 5.69 Å². The SMILES string of the molecule is Cn1ccc2c(N)c(N)n(N)c21. The summed E-state index contributed by atoms with van der Waals surface area (Å²) in [5.41, 5.74) is 12.7. The van der Waals surface area contributed by atoms with E-state index in [0.717, 1.165) is 11.0 Å². The van der Waals surface area contributed by atoms with Crippen molar-refractivity contribution in [3.63, 3.8) is 0 Å². The van der Waals surface area contributed by atoms with Crippen LogP contribution in [-0.2, 0) is 7.05 Å². The van der Waals surface area contributed by atoms with E-state index in [-0.39, 0.29) is 0 Å². The maximum absolute atomic E-state index is 5.71. The Hall–Kier alpha value is -1.78. The zero-order chi connectivity index (χ0) is 8.88. The third kappa shape index (κ3) is 0.578. The second-order valence-electron chi connectivity index (χ2n) is 2.83. The molecule has 0 aliphatic rings. The largest absolute Gasteiger partial charge is 0.395 e. The number of nitrogens with two attached hydrogens (primary N) is 3. The lowest BCUT2D eigenvalue weighted by atomic mass is 10.3. The predicted octanol–water partition coefficient (Wildman–Crippen LogP) is -0.142. The third-order valence-corrected chi connectivity index (χ3v) is 2.09. The highest BCUT2D eigenvalue weighted by Crippen LogP contribution is 2.28. The van der Waals surface area contributed by atoms with Crippen LogP contribution in [0.15, 0.2) is 12.3 Å². The average molecular weight is 165 g/mol. The molecule has 2 aromatic rings. The van der Waals surface area contributed by atoms with Gasteiger partial charge in [-0.05, 0) is 6.07 Å². The quantitative estimate of drug-likeness (QED) is 0.475. The van der Waals surface area contributed by atoms with Gasteiger partial charge in [0.2, 0.25) is 0 Å². The van der Waals surface area contributed by atoms with Crippen molar-refractivity contribution in [1.29, 1.82) is 0 Å². The molecule has 0 radical (unpaired) electrons. The predicted molar refractivity (Wildman–Crippen MR) is 49.9 cm³/mol. The van der Waals surface area contributed by atoms with Gasteiger partial charge in [-0.3, -0.25) is 0 Å². The Kier molecular flexibility index (Phi) is 1.08. The molecule has 0 aliphatic heterocycles. The van der Waals surface area contributed by atoms with Gasteiger partial charge in [0.15, 0.2) is 0 Å². The highest BCUT2D eigenvalue weighted by Gasteiger charge is 2.12. The van der Waals surface area contributed by atoms with Crippen LogP contribution in [0.2, 0.25) is 0 Å². The molecule has 2 rings (SSSR count). The summed E-state index contributed by atoms with van der Waals surface area (Å²) < 4.78 is 3.27. The Labute approximate surface area is 69.3 Å². The summed E-state index contributed by atoms with van der Waals surface area (Å²) in [6, 6.07) is 1.89. The lowest BCUT2D eigenvalue weighted by Crippen LogP contribution is -2.13. The lowest BCUT2D eigenvalue weighted by molar-refractivity contribution is 0.906. The Morgan fingerprint density at radius 1 is 1.33 bits per heavy atom. The van der Waals surface area contributed by atoms with E-state index in [1.54, 1.807) is 0 Å². The Morgan fingerprint density at radius 3 is 2.58 bits per heavy atom. The first-order chi connectivity index (χ1) is 5.63. The lowest BCUT2D eigenvalue weighted by Gasteiger charge is -1.99. The van der Waals surface area contributed by atoms with Gasteiger partial charge in [-0.15, -0.1) is 0 Å². The number of hydrogen-bond acceptors (Lipinski definition) is 3. The second kappa shape index (κ2) is 1.88. The summed E-state index contributed by atoms with van der Waals surface area (Å²) in [5.74, 6) is 6.09. The first kappa shape index (κ1) is 6.90. The first-order valence-electron chi connectivity index (χ1n) is 3.58. The van der Waals surface area contributed by atoms with Crippen molar-refractivity contribution in [2.75, 3.05) is 17.3 Å². The van der Waals surface area contributed by atoms with Gasteiger partial charge in [0.25, 0.3) is 0 Å². The van der Waals surface area contributed by atoms with Gasteiger partial charge < -0.3 is 21.9 Å². The summed E-state index contributed by atoms with van der Waals surface area (Å²) in [5, 5.41) is 0.900. The third-order valence-electron chi connectivity index (χ3n) is 2.09. The molecule has 2 aromatic heterocycles. The topological polar surface area (TPSA) is 87.9 Å². The number of fused-ring (bicyclic) bond motifs is 1. The van der Waals surface area contributed by atoms with Crippen LogP contribution in [0, 0.1) is 0 Å². The van der Waals surface area contributed by atoms with Gasteiger partial charge in [-0.1, -0.05) is 0 Å². The van der Waals surface area contributed by atoms with Crippen molar-refractivity contribution < 1.29 is 0 Å². The normalized spacial score (nSPS) is 11.1. The molecule has 0 unspecified atom stereocenters. The number of aromatic nitrogens is 2. The number of rotatable bonds is 0. The summed E-state index contributed by atoms with van der Waals surface area (Å²) in [7, 11) is 1.89. The Morgan fingerprint density at radius 2 is 2.00 bits per heavy atom. The minimum Gasteiger partial charge on any atom is -0.395 e. The fourth-order valence-electron chi connectivity index (χ4n) is 1.41. The average Bonchev–Trinajstić information content (AvgIpc) is 2.51. The zero-order valence-corrected chi connectivity index (χ0v) is 6.78. The van der Waals surface area contributed by atoms with Crippen molar-refractivity contribution in [3.8, 4) is 0 Å². The van der Waals surface area contributed by atoms with E-state index >= 15 is 0 Å². The molecule has 0 fully saturated rings. The number of nitrogens with zero attached hydrogens (tertiary/aromatic N) is 2. The smallest absolute Gasteiger partial charge is 0.148 e. The van der Waals surface area contributed by atoms with Gasteiger partial charge in [-0.25, -0.2) is 4.68 Å². The van der Waals surface area contributed by atoms with Gasteiger partial charge >= 0.3 is 0 Å². The summed E-state index contributed by atoms with van der Waals surface area (Å²) in [4.78, 5) is 0. The highest BCUT2D eigenvalue weighted by atomic mass is 15.4. The minimum absolute atomic E-state index is 0.413. The first-order valence-corrected chi connectivity index (χ1v) is 3.58. The molecule has 0 aliphatic carbocycles. The fourth-order valence-corrected chi connectivity index (χ4v) is 1.41. The van der Waals surface area contributed by atoms with Crippen LogP contribution in [0.4, 0.5) is 11.5 Å². The summed E-state index contributed by atoms with van der Waals surface area (Å²) >= 11 is 0. The molecule has 0 bridgehead atoms. The maximum Gasteiger partial charge on any atom is 0.148 e. The number of hydrogen-bond donors (Lipinski definition) is 3. The molecule has 0 amide bonds. The van der Waals surface area contributed by atoms with E-state index in [1.165, 1.54) is 4.68 Å². The van der Waals surface area contributed by atoms with E-state index in [4.69, 9.17) is 17.3 Å². The molecule has 0 spiro atoms. The number of anilines is 2. The van der Waals surface area contributed by atoms with E-state index in [0.29, 0.717) is 11.5 Å². The molecule has 2 heterocycles. The van der Waals surface area contributed by atoms with Crippen molar-refractivity contribution in [3.05, 3.63) is 12.3 Å². The molecule has 0 aromatic carbocycles. The minimum atomic E-state index is 0.413. The van der Waals surface area contributed by atoms with E-state index in [9.17, 15) is 0 Å². The van der Waals surface area contributed by atoms with Gasteiger partial charge in [-0.2, -0.15) is 0 Å². The molecule has 5 nitrogen and oxygen atoms in total. The summed E-state index contributed by atoms with van der Waals surface area (Å²) in [6.07, 6.45) is 1.89. The van der Waals surface area contributed by atoms with E-state index in [2.05, 4.69) is 0 Å². The zero-order valence-electron chi connectivity index (χ0n) is 6.78. The maximum atomic E-state index is 5.71. The Balaban J connectivity index is 3.01. The molecule has 64 valence electrons. The molecule has 6 N–H and O–H groups in total. The van der Waals surface area contributed by atoms with Crippen LogP contribution in [0.5, 0.6) is 0 Å². The van der Waals surface area contributed by atoms with Crippen LogP contribution >= 0.6 is 0 Å². The summed E-state index contributed by atoms with van der Waals surface area (Å²) in [6.45, 7) is 0. The highest BCUT2D eigenvalue weighted by molar-refractivity contribution is 5.97.